The van der Waals surface area contributed by atoms with Crippen LogP contribution in [0.2, 0.25) is 0 Å². The van der Waals surface area contributed by atoms with Crippen molar-refractivity contribution in [2.45, 2.75) is 26.2 Å². The maximum atomic E-state index is 5.79. The molecule has 0 bridgehead atoms. The van der Waals surface area contributed by atoms with E-state index in [-0.39, 0.29) is 0 Å². The molecule has 4 nitrogen and oxygen atoms in total. The number of hydrogen-bond donors (Lipinski definition) is 2. The molecule has 0 aliphatic heterocycles. The van der Waals surface area contributed by atoms with Crippen molar-refractivity contribution in [2.24, 2.45) is 0 Å². The molecule has 0 aliphatic rings. The summed E-state index contributed by atoms with van der Waals surface area (Å²) in [6, 6.07) is 0. The maximum absolute atomic E-state index is 5.79. The lowest BCUT2D eigenvalue weighted by Gasteiger charge is -2.10. The SMILES string of the molecule is CCc1c(N)ncnc1NCCCCSC. The Balaban J connectivity index is 2.44. The van der Waals surface area contributed by atoms with E-state index < -0.39 is 0 Å². The summed E-state index contributed by atoms with van der Waals surface area (Å²) in [6.07, 6.45) is 6.90. The fourth-order valence-corrected chi connectivity index (χ4v) is 2.00. The van der Waals surface area contributed by atoms with Crippen LogP contribution in [0.25, 0.3) is 0 Å². The molecule has 0 aliphatic carbocycles. The van der Waals surface area contributed by atoms with E-state index in [9.17, 15) is 0 Å². The molecule has 1 aromatic heterocycles. The molecule has 0 spiro atoms. The summed E-state index contributed by atoms with van der Waals surface area (Å²) in [5, 5.41) is 3.32. The number of unbranched alkanes of at least 4 members (excludes halogenated alkanes) is 1. The minimum Gasteiger partial charge on any atom is -0.383 e. The average Bonchev–Trinajstić information content (AvgIpc) is 2.29. The molecule has 0 radical (unpaired) electrons. The summed E-state index contributed by atoms with van der Waals surface area (Å²) in [6.45, 7) is 3.01. The van der Waals surface area contributed by atoms with E-state index in [2.05, 4.69) is 28.5 Å². The molecule has 0 saturated carbocycles. The van der Waals surface area contributed by atoms with E-state index in [1.54, 1.807) is 0 Å². The highest BCUT2D eigenvalue weighted by Crippen LogP contribution is 2.17. The van der Waals surface area contributed by atoms with Crippen molar-refractivity contribution in [3.05, 3.63) is 11.9 Å². The third-order valence-electron chi connectivity index (χ3n) is 2.40. The third-order valence-corrected chi connectivity index (χ3v) is 3.10. The number of anilines is 2. The monoisotopic (exact) mass is 240 g/mol. The fourth-order valence-electron chi connectivity index (χ4n) is 1.51. The van der Waals surface area contributed by atoms with Gasteiger partial charge in [-0.1, -0.05) is 6.92 Å². The van der Waals surface area contributed by atoms with Crippen LogP contribution in [0.4, 0.5) is 11.6 Å². The summed E-state index contributed by atoms with van der Waals surface area (Å²) >= 11 is 1.88. The van der Waals surface area contributed by atoms with Crippen LogP contribution in [0.3, 0.4) is 0 Å². The van der Waals surface area contributed by atoms with Crippen LogP contribution < -0.4 is 11.1 Å². The molecule has 5 heteroatoms. The number of rotatable bonds is 7. The van der Waals surface area contributed by atoms with Gasteiger partial charge in [-0.05, 0) is 31.3 Å². The van der Waals surface area contributed by atoms with Crippen LogP contribution in [0.15, 0.2) is 6.33 Å². The Labute approximate surface area is 101 Å². The molecule has 90 valence electrons. The standard InChI is InChI=1S/C11H20N4S/c1-3-9-10(12)14-8-15-11(9)13-6-4-5-7-16-2/h8H,3-7H2,1-2H3,(H3,12,13,14,15). The molecular formula is C11H20N4S. The van der Waals surface area contributed by atoms with Gasteiger partial charge in [0, 0.05) is 12.1 Å². The van der Waals surface area contributed by atoms with Gasteiger partial charge in [0.2, 0.25) is 0 Å². The summed E-state index contributed by atoms with van der Waals surface area (Å²) in [5.41, 5.74) is 6.81. The predicted molar refractivity (Wildman–Crippen MR) is 71.9 cm³/mol. The molecule has 0 unspecified atom stereocenters. The Morgan fingerprint density at radius 2 is 2.19 bits per heavy atom. The maximum Gasteiger partial charge on any atom is 0.134 e. The Morgan fingerprint density at radius 1 is 1.38 bits per heavy atom. The fraction of sp³-hybridized carbons (Fsp3) is 0.636. The number of aromatic nitrogens is 2. The quantitative estimate of drug-likeness (QED) is 0.715. The second kappa shape index (κ2) is 7.33. The molecule has 0 saturated heterocycles. The van der Waals surface area contributed by atoms with Crippen molar-refractivity contribution in [3.8, 4) is 0 Å². The van der Waals surface area contributed by atoms with Gasteiger partial charge in [0.1, 0.15) is 18.0 Å². The molecule has 0 aromatic carbocycles. The molecule has 1 aromatic rings. The van der Waals surface area contributed by atoms with Crippen LogP contribution in [0.1, 0.15) is 25.3 Å². The van der Waals surface area contributed by atoms with E-state index in [0.717, 1.165) is 30.8 Å². The summed E-state index contributed by atoms with van der Waals surface area (Å²) in [5.74, 6) is 2.69. The first-order chi connectivity index (χ1) is 7.79. The number of nitrogens with two attached hydrogens (primary N) is 1. The molecule has 0 amide bonds. The first-order valence-corrected chi connectivity index (χ1v) is 7.01. The van der Waals surface area contributed by atoms with E-state index >= 15 is 0 Å². The predicted octanol–water partition coefficient (Wildman–Crippen LogP) is 2.18. The number of nitrogen functional groups attached to an aromatic ring is 1. The lowest BCUT2D eigenvalue weighted by atomic mass is 10.2. The zero-order valence-electron chi connectivity index (χ0n) is 9.99. The van der Waals surface area contributed by atoms with Crippen molar-refractivity contribution in [3.63, 3.8) is 0 Å². The van der Waals surface area contributed by atoms with E-state index in [1.807, 2.05) is 11.8 Å². The summed E-state index contributed by atoms with van der Waals surface area (Å²) in [7, 11) is 0. The van der Waals surface area contributed by atoms with Crippen molar-refractivity contribution in [2.75, 3.05) is 29.6 Å². The van der Waals surface area contributed by atoms with Crippen molar-refractivity contribution < 1.29 is 0 Å². The molecule has 1 rings (SSSR count). The normalized spacial score (nSPS) is 10.4. The Hall–Kier alpha value is -0.970. The smallest absolute Gasteiger partial charge is 0.134 e. The van der Waals surface area contributed by atoms with Crippen molar-refractivity contribution in [1.29, 1.82) is 0 Å². The first-order valence-electron chi connectivity index (χ1n) is 5.61. The minimum absolute atomic E-state index is 0.587. The van der Waals surface area contributed by atoms with E-state index in [0.29, 0.717) is 5.82 Å². The van der Waals surface area contributed by atoms with Crippen LogP contribution in [0.5, 0.6) is 0 Å². The lowest BCUT2D eigenvalue weighted by molar-refractivity contribution is 0.836. The highest BCUT2D eigenvalue weighted by Gasteiger charge is 2.05. The number of hydrogen-bond acceptors (Lipinski definition) is 5. The van der Waals surface area contributed by atoms with Crippen LogP contribution in [0, 0.1) is 0 Å². The molecule has 3 N–H and O–H groups in total. The first kappa shape index (κ1) is 13.1. The van der Waals surface area contributed by atoms with Crippen LogP contribution in [-0.2, 0) is 6.42 Å². The zero-order chi connectivity index (χ0) is 11.8. The third kappa shape index (κ3) is 3.89. The van der Waals surface area contributed by atoms with Gasteiger partial charge >= 0.3 is 0 Å². The van der Waals surface area contributed by atoms with Gasteiger partial charge in [0.25, 0.3) is 0 Å². The minimum atomic E-state index is 0.587. The van der Waals surface area contributed by atoms with Gasteiger partial charge in [-0.15, -0.1) is 0 Å². The summed E-state index contributed by atoms with van der Waals surface area (Å²) < 4.78 is 0. The molecule has 16 heavy (non-hydrogen) atoms. The molecular weight excluding hydrogens is 220 g/mol. The van der Waals surface area contributed by atoms with Crippen LogP contribution in [-0.4, -0.2) is 28.5 Å². The Kier molecular flexibility index (Phi) is 6.00. The Bertz CT molecular complexity index is 317. The number of nitrogens with one attached hydrogen (secondary N) is 1. The second-order valence-electron chi connectivity index (χ2n) is 3.57. The van der Waals surface area contributed by atoms with Crippen molar-refractivity contribution in [1.82, 2.24) is 9.97 Å². The lowest BCUT2D eigenvalue weighted by Crippen LogP contribution is -2.09. The molecule has 0 fully saturated rings. The highest BCUT2D eigenvalue weighted by molar-refractivity contribution is 7.98. The zero-order valence-corrected chi connectivity index (χ0v) is 10.8. The highest BCUT2D eigenvalue weighted by atomic mass is 32.2. The van der Waals surface area contributed by atoms with Gasteiger partial charge in [-0.25, -0.2) is 9.97 Å². The number of nitrogens with zero attached hydrogens (tertiary/aromatic N) is 2. The average molecular weight is 240 g/mol. The van der Waals surface area contributed by atoms with E-state index in [4.69, 9.17) is 5.73 Å². The second-order valence-corrected chi connectivity index (χ2v) is 4.55. The van der Waals surface area contributed by atoms with E-state index in [1.165, 1.54) is 18.5 Å². The van der Waals surface area contributed by atoms with Crippen LogP contribution >= 0.6 is 11.8 Å². The molecule has 0 atom stereocenters. The molecule has 1 heterocycles. The van der Waals surface area contributed by atoms with Crippen molar-refractivity contribution >= 4 is 23.4 Å². The van der Waals surface area contributed by atoms with Gasteiger partial charge in [0.05, 0.1) is 0 Å². The summed E-state index contributed by atoms with van der Waals surface area (Å²) in [4.78, 5) is 8.21. The topological polar surface area (TPSA) is 63.8 Å². The van der Waals surface area contributed by atoms with Gasteiger partial charge < -0.3 is 11.1 Å². The number of thioether (sulfide) groups is 1. The van der Waals surface area contributed by atoms with Gasteiger partial charge in [0.15, 0.2) is 0 Å². The van der Waals surface area contributed by atoms with Gasteiger partial charge in [-0.3, -0.25) is 0 Å². The Morgan fingerprint density at radius 3 is 2.88 bits per heavy atom. The van der Waals surface area contributed by atoms with Gasteiger partial charge in [-0.2, -0.15) is 11.8 Å². The largest absolute Gasteiger partial charge is 0.383 e.